The number of anilines is 1. The largest absolute Gasteiger partial charge is 0.493 e. The number of aryl methyl sites for hydroxylation is 1. The molecule has 1 N–H and O–H groups in total. The predicted molar refractivity (Wildman–Crippen MR) is 120 cm³/mol. The lowest BCUT2D eigenvalue weighted by molar-refractivity contribution is -0.111. The zero-order valence-electron chi connectivity index (χ0n) is 17.1. The van der Waals surface area contributed by atoms with E-state index in [2.05, 4.69) is 22.4 Å². The van der Waals surface area contributed by atoms with Crippen molar-refractivity contribution in [3.63, 3.8) is 0 Å². The number of rotatable bonds is 10. The first-order chi connectivity index (χ1) is 14.6. The molecule has 0 radical (unpaired) electrons. The Hall–Kier alpha value is -3.19. The smallest absolute Gasteiger partial charge is 0.250 e. The van der Waals surface area contributed by atoms with Gasteiger partial charge in [-0.05, 0) is 43.2 Å². The van der Waals surface area contributed by atoms with Crippen LogP contribution in [0, 0.1) is 6.92 Å². The Balaban J connectivity index is 1.49. The number of ether oxygens (including phenoxy) is 2. The van der Waals surface area contributed by atoms with Crippen LogP contribution in [0.5, 0.6) is 11.5 Å². The number of carbonyl (C=O) groups excluding carboxylic acids is 1. The van der Waals surface area contributed by atoms with E-state index in [0.717, 1.165) is 34.1 Å². The van der Waals surface area contributed by atoms with Gasteiger partial charge in [0.15, 0.2) is 0 Å². The molecule has 0 aliphatic rings. The summed E-state index contributed by atoms with van der Waals surface area (Å²) in [5, 5.41) is 12.2. The van der Waals surface area contributed by atoms with Gasteiger partial charge < -0.3 is 9.47 Å². The van der Waals surface area contributed by atoms with Crippen LogP contribution in [-0.4, -0.2) is 29.3 Å². The number of amides is 1. The minimum atomic E-state index is -0.265. The third-order valence-corrected chi connectivity index (χ3v) is 4.96. The lowest BCUT2D eigenvalue weighted by atomic mass is 10.2. The van der Waals surface area contributed by atoms with E-state index in [4.69, 9.17) is 9.47 Å². The van der Waals surface area contributed by atoms with Gasteiger partial charge >= 0.3 is 0 Å². The average molecular weight is 424 g/mol. The maximum Gasteiger partial charge on any atom is 0.250 e. The highest BCUT2D eigenvalue weighted by atomic mass is 32.1. The second-order valence-electron chi connectivity index (χ2n) is 6.62. The van der Waals surface area contributed by atoms with Gasteiger partial charge in [0.25, 0.3) is 0 Å². The fourth-order valence-corrected chi connectivity index (χ4v) is 3.36. The fraction of sp³-hybridized carbons (Fsp3) is 0.261. The number of nitrogens with one attached hydrogen (secondary N) is 1. The summed E-state index contributed by atoms with van der Waals surface area (Å²) < 4.78 is 11.4. The van der Waals surface area contributed by atoms with Crippen LogP contribution in [0.25, 0.3) is 6.08 Å². The van der Waals surface area contributed by atoms with Crippen LogP contribution >= 0.6 is 11.3 Å². The van der Waals surface area contributed by atoms with Crippen molar-refractivity contribution in [2.75, 3.05) is 18.5 Å². The summed E-state index contributed by atoms with van der Waals surface area (Å²) in [6.45, 7) is 5.22. The molecule has 7 heteroatoms. The number of hydrogen-bond acceptors (Lipinski definition) is 6. The number of para-hydroxylation sites is 1. The minimum absolute atomic E-state index is 0.265. The van der Waals surface area contributed by atoms with Crippen LogP contribution in [-0.2, 0) is 11.2 Å². The molecule has 0 aliphatic heterocycles. The number of aromatic nitrogens is 2. The van der Waals surface area contributed by atoms with Crippen molar-refractivity contribution in [3.8, 4) is 11.5 Å². The third-order valence-electron chi connectivity index (χ3n) is 4.07. The first kappa shape index (κ1) is 21.5. The van der Waals surface area contributed by atoms with Crippen LogP contribution in [0.4, 0.5) is 5.13 Å². The maximum atomic E-state index is 12.2. The van der Waals surface area contributed by atoms with E-state index in [1.165, 1.54) is 17.4 Å². The molecule has 0 fully saturated rings. The van der Waals surface area contributed by atoms with Gasteiger partial charge in [-0.2, -0.15) is 0 Å². The van der Waals surface area contributed by atoms with Gasteiger partial charge in [0.1, 0.15) is 16.5 Å². The van der Waals surface area contributed by atoms with Gasteiger partial charge in [-0.15, -0.1) is 10.2 Å². The summed E-state index contributed by atoms with van der Waals surface area (Å²) in [4.78, 5) is 12.2. The highest BCUT2D eigenvalue weighted by Gasteiger charge is 2.07. The molecule has 3 aromatic rings. The summed E-state index contributed by atoms with van der Waals surface area (Å²) >= 11 is 1.34. The zero-order chi connectivity index (χ0) is 21.2. The first-order valence-corrected chi connectivity index (χ1v) is 10.7. The molecule has 1 amide bonds. The second-order valence-corrected chi connectivity index (χ2v) is 7.69. The average Bonchev–Trinajstić information content (AvgIpc) is 3.18. The molecular weight excluding hydrogens is 398 g/mol. The standard InChI is InChI=1S/C23H25N3O3S/c1-3-14-29-20-10-5-4-8-18(20)11-12-21(27)24-23-26-25-22(30-23)13-15-28-19-9-6-7-17(2)16-19/h4-12,16H,3,13-15H2,1-2H3,(H,24,26,27)/b12-11+. The summed E-state index contributed by atoms with van der Waals surface area (Å²) in [7, 11) is 0. The van der Waals surface area contributed by atoms with Gasteiger partial charge in [-0.25, -0.2) is 0 Å². The fourth-order valence-electron chi connectivity index (χ4n) is 2.64. The molecule has 0 atom stereocenters. The molecular formula is C23H25N3O3S. The Morgan fingerprint density at radius 1 is 1.10 bits per heavy atom. The van der Waals surface area contributed by atoms with Crippen molar-refractivity contribution in [1.82, 2.24) is 10.2 Å². The summed E-state index contributed by atoms with van der Waals surface area (Å²) in [5.41, 5.74) is 2.01. The number of hydrogen-bond donors (Lipinski definition) is 1. The van der Waals surface area contributed by atoms with Crippen molar-refractivity contribution in [2.45, 2.75) is 26.7 Å². The van der Waals surface area contributed by atoms with Crippen molar-refractivity contribution in [2.24, 2.45) is 0 Å². The Bertz CT molecular complexity index is 1000. The molecule has 1 aromatic heterocycles. The Morgan fingerprint density at radius 3 is 2.80 bits per heavy atom. The van der Waals surface area contributed by atoms with E-state index >= 15 is 0 Å². The van der Waals surface area contributed by atoms with Crippen molar-refractivity contribution >= 4 is 28.5 Å². The second kappa shape index (κ2) is 11.1. The van der Waals surface area contributed by atoms with E-state index < -0.39 is 0 Å². The van der Waals surface area contributed by atoms with Gasteiger partial charge in [0.2, 0.25) is 11.0 Å². The van der Waals surface area contributed by atoms with E-state index in [1.807, 2.05) is 55.5 Å². The highest BCUT2D eigenvalue weighted by molar-refractivity contribution is 7.15. The van der Waals surface area contributed by atoms with Crippen LogP contribution in [0.1, 0.15) is 29.5 Å². The molecule has 156 valence electrons. The van der Waals surface area contributed by atoms with Gasteiger partial charge in [-0.1, -0.05) is 48.6 Å². The SMILES string of the molecule is CCCOc1ccccc1/C=C/C(=O)Nc1nnc(CCOc2cccc(C)c2)s1. The number of benzene rings is 2. The highest BCUT2D eigenvalue weighted by Crippen LogP contribution is 2.20. The van der Waals surface area contributed by atoms with Crippen LogP contribution in [0.2, 0.25) is 0 Å². The molecule has 30 heavy (non-hydrogen) atoms. The Labute approximate surface area is 180 Å². The Kier molecular flexibility index (Phi) is 7.97. The van der Waals surface area contributed by atoms with Gasteiger partial charge in [-0.3, -0.25) is 10.1 Å². The van der Waals surface area contributed by atoms with Gasteiger partial charge in [0.05, 0.1) is 13.2 Å². The lowest BCUT2D eigenvalue weighted by Crippen LogP contribution is -2.07. The number of nitrogens with zero attached hydrogens (tertiary/aromatic N) is 2. The third kappa shape index (κ3) is 6.70. The number of carbonyl (C=O) groups is 1. The molecule has 6 nitrogen and oxygen atoms in total. The maximum absolute atomic E-state index is 12.2. The molecule has 0 bridgehead atoms. The molecule has 0 unspecified atom stereocenters. The zero-order valence-corrected chi connectivity index (χ0v) is 17.9. The summed E-state index contributed by atoms with van der Waals surface area (Å²) in [6, 6.07) is 15.5. The van der Waals surface area contributed by atoms with Crippen LogP contribution in [0.3, 0.4) is 0 Å². The lowest BCUT2D eigenvalue weighted by Gasteiger charge is -2.07. The molecule has 1 heterocycles. The first-order valence-electron chi connectivity index (χ1n) is 9.87. The van der Waals surface area contributed by atoms with Crippen molar-refractivity contribution < 1.29 is 14.3 Å². The van der Waals surface area contributed by atoms with E-state index in [1.54, 1.807) is 6.08 Å². The molecule has 0 saturated heterocycles. The van der Waals surface area contributed by atoms with E-state index in [-0.39, 0.29) is 5.91 Å². The molecule has 3 rings (SSSR count). The molecule has 0 aliphatic carbocycles. The normalized spacial score (nSPS) is 10.9. The van der Waals surface area contributed by atoms with Crippen molar-refractivity contribution in [1.29, 1.82) is 0 Å². The van der Waals surface area contributed by atoms with Crippen LogP contribution in [0.15, 0.2) is 54.6 Å². The summed E-state index contributed by atoms with van der Waals surface area (Å²) in [5.74, 6) is 1.33. The van der Waals surface area contributed by atoms with Crippen molar-refractivity contribution in [3.05, 3.63) is 70.7 Å². The molecule has 0 spiro atoms. The van der Waals surface area contributed by atoms with Gasteiger partial charge in [0, 0.05) is 18.1 Å². The summed E-state index contributed by atoms with van der Waals surface area (Å²) in [6.07, 6.45) is 4.75. The molecule has 0 saturated carbocycles. The predicted octanol–water partition coefficient (Wildman–Crippen LogP) is 4.91. The topological polar surface area (TPSA) is 73.3 Å². The van der Waals surface area contributed by atoms with Crippen LogP contribution < -0.4 is 14.8 Å². The van der Waals surface area contributed by atoms with E-state index in [0.29, 0.717) is 24.8 Å². The van der Waals surface area contributed by atoms with E-state index in [9.17, 15) is 4.79 Å². The quantitative estimate of drug-likeness (QED) is 0.469. The minimum Gasteiger partial charge on any atom is -0.493 e. The monoisotopic (exact) mass is 423 g/mol. The Morgan fingerprint density at radius 2 is 1.97 bits per heavy atom. The molecule has 2 aromatic carbocycles.